The van der Waals surface area contributed by atoms with Gasteiger partial charge in [-0.15, -0.1) is 0 Å². The van der Waals surface area contributed by atoms with Crippen molar-refractivity contribution in [3.05, 3.63) is 11.3 Å². The highest BCUT2D eigenvalue weighted by Crippen LogP contribution is 2.45. The summed E-state index contributed by atoms with van der Waals surface area (Å²) in [5.41, 5.74) is 4.12. The molecule has 5 nitrogen and oxygen atoms in total. The number of nitrogens with zero attached hydrogens (tertiary/aromatic N) is 4. The fraction of sp³-hybridized carbons (Fsp3) is 0.538. The Bertz CT molecular complexity index is 535. The Morgan fingerprint density at radius 2 is 1.83 bits per heavy atom. The van der Waals surface area contributed by atoms with Gasteiger partial charge in [-0.2, -0.15) is 15.8 Å². The predicted molar refractivity (Wildman–Crippen MR) is 66.9 cm³/mol. The van der Waals surface area contributed by atoms with Crippen LogP contribution in [-0.2, 0) is 0 Å². The molecule has 1 heterocycles. The highest BCUT2D eigenvalue weighted by molar-refractivity contribution is 6.04. The molecule has 1 aliphatic rings. The average Bonchev–Trinajstić information content (AvgIpc) is 2.31. The van der Waals surface area contributed by atoms with E-state index in [1.54, 1.807) is 13.8 Å². The van der Waals surface area contributed by atoms with E-state index in [1.165, 1.54) is 0 Å². The van der Waals surface area contributed by atoms with Gasteiger partial charge in [0, 0.05) is 0 Å². The standard InChI is InChI=1S/C13H15N5/c1-4-5-12(3)13(7-15,8-16)11(17)10(6-14)9(2)18-12/h4-5,17H2,1-3H3/t12-/m0/s1. The zero-order valence-electron chi connectivity index (χ0n) is 10.8. The van der Waals surface area contributed by atoms with Crippen molar-refractivity contribution in [2.45, 2.75) is 39.2 Å². The number of nitriles is 3. The van der Waals surface area contributed by atoms with E-state index in [0.29, 0.717) is 12.1 Å². The molecular weight excluding hydrogens is 226 g/mol. The summed E-state index contributed by atoms with van der Waals surface area (Å²) in [4.78, 5) is 4.41. The largest absolute Gasteiger partial charge is 0.399 e. The first-order valence-corrected chi connectivity index (χ1v) is 5.72. The molecule has 0 fully saturated rings. The molecule has 18 heavy (non-hydrogen) atoms. The zero-order chi connectivity index (χ0) is 14.0. The van der Waals surface area contributed by atoms with E-state index in [1.807, 2.05) is 25.1 Å². The van der Waals surface area contributed by atoms with Gasteiger partial charge in [0.2, 0.25) is 5.41 Å². The topological polar surface area (TPSA) is 110 Å². The van der Waals surface area contributed by atoms with Gasteiger partial charge in [0.25, 0.3) is 0 Å². The van der Waals surface area contributed by atoms with Crippen LogP contribution in [-0.4, -0.2) is 11.3 Å². The molecule has 5 heteroatoms. The second-order valence-corrected chi connectivity index (χ2v) is 4.60. The molecule has 0 saturated carbocycles. The molecule has 1 atom stereocenters. The van der Waals surface area contributed by atoms with Crippen LogP contribution in [0.3, 0.4) is 0 Å². The number of hydrogen-bond donors (Lipinski definition) is 1. The Labute approximate surface area is 107 Å². The van der Waals surface area contributed by atoms with Crippen molar-refractivity contribution in [3.8, 4) is 18.2 Å². The molecule has 92 valence electrons. The molecule has 0 aromatic heterocycles. The quantitative estimate of drug-likeness (QED) is 0.794. The number of allylic oxidation sites excluding steroid dienone is 1. The summed E-state index contributed by atoms with van der Waals surface area (Å²) < 4.78 is 0. The van der Waals surface area contributed by atoms with Crippen molar-refractivity contribution < 1.29 is 0 Å². The van der Waals surface area contributed by atoms with E-state index in [4.69, 9.17) is 11.0 Å². The van der Waals surface area contributed by atoms with Gasteiger partial charge >= 0.3 is 0 Å². The second kappa shape index (κ2) is 4.51. The van der Waals surface area contributed by atoms with Crippen LogP contribution in [0.25, 0.3) is 0 Å². The number of dihydropyridines is 1. The van der Waals surface area contributed by atoms with Gasteiger partial charge in [-0.3, -0.25) is 4.99 Å². The van der Waals surface area contributed by atoms with Crippen LogP contribution in [0.4, 0.5) is 0 Å². The Morgan fingerprint density at radius 1 is 1.28 bits per heavy atom. The fourth-order valence-electron chi connectivity index (χ4n) is 2.44. The summed E-state index contributed by atoms with van der Waals surface area (Å²) in [6, 6.07) is 5.88. The molecular formula is C13H15N5. The van der Waals surface area contributed by atoms with Gasteiger partial charge in [-0.1, -0.05) is 13.3 Å². The average molecular weight is 241 g/mol. The van der Waals surface area contributed by atoms with Crippen molar-refractivity contribution in [2.24, 2.45) is 16.1 Å². The minimum atomic E-state index is -1.56. The molecule has 1 rings (SSSR count). The van der Waals surface area contributed by atoms with Crippen LogP contribution in [0, 0.1) is 39.4 Å². The summed E-state index contributed by atoms with van der Waals surface area (Å²) in [5, 5.41) is 27.9. The molecule has 0 unspecified atom stereocenters. The number of nitrogens with two attached hydrogens (primary N) is 1. The van der Waals surface area contributed by atoms with Crippen molar-refractivity contribution in [2.75, 3.05) is 0 Å². The summed E-state index contributed by atoms with van der Waals surface area (Å²) in [6.45, 7) is 5.38. The first-order valence-electron chi connectivity index (χ1n) is 5.72. The lowest BCUT2D eigenvalue weighted by molar-refractivity contribution is 0.292. The normalized spacial score (nSPS) is 25.7. The van der Waals surface area contributed by atoms with Gasteiger partial charge in [-0.25, -0.2) is 0 Å². The number of rotatable bonds is 2. The van der Waals surface area contributed by atoms with E-state index >= 15 is 0 Å². The number of hydrogen-bond acceptors (Lipinski definition) is 5. The van der Waals surface area contributed by atoms with Crippen molar-refractivity contribution in [1.29, 1.82) is 15.8 Å². The van der Waals surface area contributed by atoms with Crippen LogP contribution >= 0.6 is 0 Å². The third-order valence-electron chi connectivity index (χ3n) is 3.44. The third-order valence-corrected chi connectivity index (χ3v) is 3.44. The maximum absolute atomic E-state index is 9.41. The minimum absolute atomic E-state index is 0.0263. The molecule has 0 aliphatic carbocycles. The summed E-state index contributed by atoms with van der Waals surface area (Å²) in [5.74, 6) is 0. The van der Waals surface area contributed by atoms with Crippen LogP contribution in [0.15, 0.2) is 16.3 Å². The monoisotopic (exact) mass is 241 g/mol. The summed E-state index contributed by atoms with van der Waals surface area (Å²) in [6.07, 6.45) is 1.33. The highest BCUT2D eigenvalue weighted by atomic mass is 14.9. The fourth-order valence-corrected chi connectivity index (χ4v) is 2.44. The predicted octanol–water partition coefficient (Wildman–Crippen LogP) is 1.79. The molecule has 2 N–H and O–H groups in total. The molecule has 0 radical (unpaired) electrons. The SMILES string of the molecule is CCC[C@]1(C)N=C(C)C(C#N)=C(N)C1(C#N)C#N. The maximum Gasteiger partial charge on any atom is 0.208 e. The summed E-state index contributed by atoms with van der Waals surface area (Å²) in [7, 11) is 0. The molecule has 0 aromatic rings. The van der Waals surface area contributed by atoms with Crippen molar-refractivity contribution in [1.82, 2.24) is 0 Å². The van der Waals surface area contributed by atoms with E-state index in [9.17, 15) is 10.5 Å². The number of aliphatic imine (C=N–C) groups is 1. The van der Waals surface area contributed by atoms with Crippen LogP contribution in [0.2, 0.25) is 0 Å². The lowest BCUT2D eigenvalue weighted by Gasteiger charge is -2.40. The highest BCUT2D eigenvalue weighted by Gasteiger charge is 2.54. The minimum Gasteiger partial charge on any atom is -0.399 e. The molecule has 0 bridgehead atoms. The lowest BCUT2D eigenvalue weighted by Crippen LogP contribution is -2.50. The second-order valence-electron chi connectivity index (χ2n) is 4.60. The van der Waals surface area contributed by atoms with Crippen molar-refractivity contribution in [3.63, 3.8) is 0 Å². The molecule has 0 amide bonds. The van der Waals surface area contributed by atoms with Gasteiger partial charge in [0.05, 0.1) is 34.7 Å². The van der Waals surface area contributed by atoms with Crippen molar-refractivity contribution >= 4 is 5.71 Å². The zero-order valence-corrected chi connectivity index (χ0v) is 10.8. The Balaban J connectivity index is 3.64. The molecule has 0 aromatic carbocycles. The van der Waals surface area contributed by atoms with E-state index in [2.05, 4.69) is 4.99 Å². The molecule has 0 saturated heterocycles. The smallest absolute Gasteiger partial charge is 0.208 e. The lowest BCUT2D eigenvalue weighted by atomic mass is 9.65. The van der Waals surface area contributed by atoms with Gasteiger partial charge in [-0.05, 0) is 20.3 Å². The Morgan fingerprint density at radius 3 is 2.22 bits per heavy atom. The van der Waals surface area contributed by atoms with Gasteiger partial charge in [0.15, 0.2) is 0 Å². The van der Waals surface area contributed by atoms with E-state index < -0.39 is 11.0 Å². The first-order chi connectivity index (χ1) is 8.42. The summed E-state index contributed by atoms with van der Waals surface area (Å²) >= 11 is 0. The van der Waals surface area contributed by atoms with Crippen LogP contribution in [0.1, 0.15) is 33.6 Å². The molecule has 0 spiro atoms. The Hall–Kier alpha value is -2.32. The van der Waals surface area contributed by atoms with Gasteiger partial charge < -0.3 is 5.73 Å². The Kier molecular flexibility index (Phi) is 3.44. The third kappa shape index (κ3) is 1.55. The first kappa shape index (κ1) is 13.7. The van der Waals surface area contributed by atoms with Crippen LogP contribution < -0.4 is 5.73 Å². The van der Waals surface area contributed by atoms with E-state index in [-0.39, 0.29) is 11.3 Å². The van der Waals surface area contributed by atoms with Gasteiger partial charge in [0.1, 0.15) is 6.07 Å². The van der Waals surface area contributed by atoms with E-state index in [0.717, 1.165) is 6.42 Å². The van der Waals surface area contributed by atoms with Crippen LogP contribution in [0.5, 0.6) is 0 Å². The molecule has 1 aliphatic heterocycles. The maximum atomic E-state index is 9.41.